The molecule has 0 radical (unpaired) electrons. The van der Waals surface area contributed by atoms with E-state index in [-0.39, 0.29) is 6.10 Å². The van der Waals surface area contributed by atoms with Crippen molar-refractivity contribution in [3.05, 3.63) is 6.07 Å². The van der Waals surface area contributed by atoms with E-state index in [1.54, 1.807) is 11.8 Å². The molecule has 0 bridgehead atoms. The first-order chi connectivity index (χ1) is 9.63. The van der Waals surface area contributed by atoms with E-state index in [9.17, 15) is 5.11 Å². The standard InChI is InChI=1S/C14H24N4OS/c1-4-6-15-12-8-13(17-14(16-12)20-3)18-7-5-10(2)11(19)9-18/h8,10-11,19H,4-7,9H2,1-3H3,(H,15,16,17). The molecule has 0 aromatic carbocycles. The number of aromatic nitrogens is 2. The maximum Gasteiger partial charge on any atom is 0.191 e. The normalized spacial score (nSPS) is 22.9. The van der Waals surface area contributed by atoms with Crippen LogP contribution in [0.3, 0.4) is 0 Å². The third-order valence-corrected chi connectivity index (χ3v) is 4.22. The Hall–Kier alpha value is -1.01. The minimum absolute atomic E-state index is 0.275. The minimum atomic E-state index is -0.275. The van der Waals surface area contributed by atoms with Gasteiger partial charge in [0.15, 0.2) is 5.16 Å². The van der Waals surface area contributed by atoms with Gasteiger partial charge in [0.05, 0.1) is 6.10 Å². The molecular weight excluding hydrogens is 272 g/mol. The van der Waals surface area contributed by atoms with Gasteiger partial charge >= 0.3 is 0 Å². The van der Waals surface area contributed by atoms with E-state index in [0.29, 0.717) is 12.5 Å². The quantitative estimate of drug-likeness (QED) is 0.642. The number of anilines is 2. The van der Waals surface area contributed by atoms with Gasteiger partial charge in [0, 0.05) is 25.7 Å². The Morgan fingerprint density at radius 2 is 2.30 bits per heavy atom. The van der Waals surface area contributed by atoms with Crippen molar-refractivity contribution in [2.45, 2.75) is 37.9 Å². The van der Waals surface area contributed by atoms with Crippen molar-refractivity contribution in [2.75, 3.05) is 36.1 Å². The van der Waals surface area contributed by atoms with Crippen molar-refractivity contribution in [3.8, 4) is 0 Å². The highest BCUT2D eigenvalue weighted by atomic mass is 32.2. The number of hydrogen-bond acceptors (Lipinski definition) is 6. The Morgan fingerprint density at radius 1 is 1.50 bits per heavy atom. The fourth-order valence-corrected chi connectivity index (χ4v) is 2.64. The van der Waals surface area contributed by atoms with Crippen molar-refractivity contribution in [1.29, 1.82) is 0 Å². The van der Waals surface area contributed by atoms with Gasteiger partial charge in [-0.25, -0.2) is 9.97 Å². The van der Waals surface area contributed by atoms with Crippen molar-refractivity contribution >= 4 is 23.4 Å². The highest BCUT2D eigenvalue weighted by molar-refractivity contribution is 7.98. The molecule has 1 saturated heterocycles. The van der Waals surface area contributed by atoms with Gasteiger partial charge in [0.25, 0.3) is 0 Å². The van der Waals surface area contributed by atoms with E-state index >= 15 is 0 Å². The van der Waals surface area contributed by atoms with Crippen LogP contribution in [0.5, 0.6) is 0 Å². The molecule has 0 amide bonds. The van der Waals surface area contributed by atoms with Gasteiger partial charge in [-0.05, 0) is 25.0 Å². The lowest BCUT2D eigenvalue weighted by Crippen LogP contribution is -2.43. The lowest BCUT2D eigenvalue weighted by atomic mass is 9.96. The molecule has 6 heteroatoms. The first kappa shape index (κ1) is 15.4. The fourth-order valence-electron chi connectivity index (χ4n) is 2.27. The summed E-state index contributed by atoms with van der Waals surface area (Å²) in [4.78, 5) is 11.2. The van der Waals surface area contributed by atoms with Gasteiger partial charge in [-0.15, -0.1) is 0 Å². The number of β-amino-alcohol motifs (C(OH)–C–C–N with tert-alkyl or cyclic N) is 1. The zero-order valence-electron chi connectivity index (χ0n) is 12.5. The highest BCUT2D eigenvalue weighted by Gasteiger charge is 2.25. The third kappa shape index (κ3) is 3.76. The molecule has 2 rings (SSSR count). The molecule has 1 aromatic heterocycles. The number of thioether (sulfide) groups is 1. The summed E-state index contributed by atoms with van der Waals surface area (Å²) >= 11 is 1.54. The number of rotatable bonds is 5. The molecule has 2 N–H and O–H groups in total. The van der Waals surface area contributed by atoms with Crippen molar-refractivity contribution in [1.82, 2.24) is 9.97 Å². The SMILES string of the molecule is CCCNc1cc(N2CCC(C)C(O)C2)nc(SC)n1. The second kappa shape index (κ2) is 7.13. The first-order valence-corrected chi connectivity index (χ1v) is 8.46. The summed E-state index contributed by atoms with van der Waals surface area (Å²) in [5.41, 5.74) is 0. The molecule has 5 nitrogen and oxygen atoms in total. The first-order valence-electron chi connectivity index (χ1n) is 7.24. The molecule has 1 aliphatic rings. The maximum absolute atomic E-state index is 10.0. The number of aliphatic hydroxyl groups is 1. The van der Waals surface area contributed by atoms with Crippen LogP contribution >= 0.6 is 11.8 Å². The van der Waals surface area contributed by atoms with E-state index in [1.165, 1.54) is 0 Å². The maximum atomic E-state index is 10.0. The molecule has 0 spiro atoms. The largest absolute Gasteiger partial charge is 0.391 e. The number of nitrogens with one attached hydrogen (secondary N) is 1. The van der Waals surface area contributed by atoms with E-state index < -0.39 is 0 Å². The predicted molar refractivity (Wildman–Crippen MR) is 84.6 cm³/mol. The predicted octanol–water partition coefficient (Wildman–Crippen LogP) is 2.23. The summed E-state index contributed by atoms with van der Waals surface area (Å²) in [7, 11) is 0. The van der Waals surface area contributed by atoms with Gasteiger partial charge in [-0.2, -0.15) is 0 Å². The van der Waals surface area contributed by atoms with E-state index in [1.807, 2.05) is 12.3 Å². The molecule has 112 valence electrons. The molecule has 2 atom stereocenters. The Morgan fingerprint density at radius 3 is 2.95 bits per heavy atom. The molecule has 2 heterocycles. The number of hydrogen-bond donors (Lipinski definition) is 2. The summed E-state index contributed by atoms with van der Waals surface area (Å²) in [5, 5.41) is 14.1. The zero-order chi connectivity index (χ0) is 14.5. The summed E-state index contributed by atoms with van der Waals surface area (Å²) in [6, 6.07) is 1.98. The van der Waals surface area contributed by atoms with Gasteiger partial charge < -0.3 is 15.3 Å². The molecule has 1 aliphatic heterocycles. The summed E-state index contributed by atoms with van der Waals surface area (Å²) in [6.07, 6.45) is 3.77. The van der Waals surface area contributed by atoms with Gasteiger partial charge in [-0.3, -0.25) is 0 Å². The van der Waals surface area contributed by atoms with Crippen LogP contribution in [0.4, 0.5) is 11.6 Å². The minimum Gasteiger partial charge on any atom is -0.391 e. The van der Waals surface area contributed by atoms with E-state index in [0.717, 1.165) is 42.7 Å². The van der Waals surface area contributed by atoms with Gasteiger partial charge in [0.2, 0.25) is 0 Å². The van der Waals surface area contributed by atoms with Crippen LogP contribution in [0.25, 0.3) is 0 Å². The third-order valence-electron chi connectivity index (χ3n) is 3.67. The number of nitrogens with zero attached hydrogens (tertiary/aromatic N) is 3. The smallest absolute Gasteiger partial charge is 0.191 e. The monoisotopic (exact) mass is 296 g/mol. The number of piperidine rings is 1. The summed E-state index contributed by atoms with van der Waals surface area (Å²) < 4.78 is 0. The Labute approximate surface area is 125 Å². The topological polar surface area (TPSA) is 61.3 Å². The van der Waals surface area contributed by atoms with Crippen molar-refractivity contribution in [3.63, 3.8) is 0 Å². The highest BCUT2D eigenvalue weighted by Crippen LogP contribution is 2.25. The van der Waals surface area contributed by atoms with Crippen LogP contribution in [-0.2, 0) is 0 Å². The summed E-state index contributed by atoms with van der Waals surface area (Å²) in [5.74, 6) is 2.15. The van der Waals surface area contributed by atoms with Crippen LogP contribution in [0, 0.1) is 5.92 Å². The van der Waals surface area contributed by atoms with E-state index in [4.69, 9.17) is 0 Å². The van der Waals surface area contributed by atoms with Crippen molar-refractivity contribution < 1.29 is 5.11 Å². The van der Waals surface area contributed by atoms with Crippen LogP contribution in [0.15, 0.2) is 11.2 Å². The Balaban J connectivity index is 2.17. The molecule has 2 unspecified atom stereocenters. The average Bonchev–Trinajstić information content (AvgIpc) is 2.47. The lowest BCUT2D eigenvalue weighted by molar-refractivity contribution is 0.102. The zero-order valence-corrected chi connectivity index (χ0v) is 13.3. The van der Waals surface area contributed by atoms with Gasteiger partial charge in [-0.1, -0.05) is 25.6 Å². The molecular formula is C14H24N4OS. The average molecular weight is 296 g/mol. The Bertz CT molecular complexity index is 443. The van der Waals surface area contributed by atoms with Crippen LogP contribution in [-0.4, -0.2) is 47.1 Å². The molecule has 0 aliphatic carbocycles. The Kier molecular flexibility index (Phi) is 5.48. The second-order valence-corrected chi connectivity index (χ2v) is 6.08. The molecule has 1 fully saturated rings. The van der Waals surface area contributed by atoms with Crippen LogP contribution in [0.2, 0.25) is 0 Å². The fraction of sp³-hybridized carbons (Fsp3) is 0.714. The van der Waals surface area contributed by atoms with Crippen molar-refractivity contribution in [2.24, 2.45) is 5.92 Å². The second-order valence-electron chi connectivity index (χ2n) is 5.30. The summed E-state index contributed by atoms with van der Waals surface area (Å²) in [6.45, 7) is 6.73. The molecule has 1 aromatic rings. The van der Waals surface area contributed by atoms with Crippen LogP contribution < -0.4 is 10.2 Å². The molecule has 20 heavy (non-hydrogen) atoms. The van der Waals surface area contributed by atoms with Crippen LogP contribution in [0.1, 0.15) is 26.7 Å². The number of aliphatic hydroxyl groups excluding tert-OH is 1. The molecule has 0 saturated carbocycles. The van der Waals surface area contributed by atoms with E-state index in [2.05, 4.69) is 34.0 Å². The lowest BCUT2D eigenvalue weighted by Gasteiger charge is -2.35. The van der Waals surface area contributed by atoms with Gasteiger partial charge in [0.1, 0.15) is 11.6 Å².